The van der Waals surface area contributed by atoms with Gasteiger partial charge in [-0.1, -0.05) is 18.5 Å². The molecule has 2 fully saturated rings. The van der Waals surface area contributed by atoms with Crippen molar-refractivity contribution in [3.8, 4) is 0 Å². The van der Waals surface area contributed by atoms with Crippen LogP contribution in [-0.2, 0) is 12.7 Å². The molecule has 0 bridgehead atoms. The number of alkyl halides is 3. The first-order valence-electron chi connectivity index (χ1n) is 12.2. The van der Waals surface area contributed by atoms with E-state index in [0.29, 0.717) is 30.3 Å². The van der Waals surface area contributed by atoms with Crippen molar-refractivity contribution in [3.63, 3.8) is 0 Å². The molecule has 6 nitrogen and oxygen atoms in total. The van der Waals surface area contributed by atoms with Crippen molar-refractivity contribution in [2.45, 2.75) is 51.4 Å². The van der Waals surface area contributed by atoms with Crippen molar-refractivity contribution < 1.29 is 22.8 Å². The average molecular weight is 523 g/mol. The molecular formula is C26H30ClF3N4O2. The van der Waals surface area contributed by atoms with Gasteiger partial charge in [0, 0.05) is 43.0 Å². The van der Waals surface area contributed by atoms with Gasteiger partial charge in [-0.2, -0.15) is 13.2 Å². The van der Waals surface area contributed by atoms with E-state index in [1.165, 1.54) is 12.8 Å². The lowest BCUT2D eigenvalue weighted by Gasteiger charge is -2.41. The Labute approximate surface area is 213 Å². The van der Waals surface area contributed by atoms with E-state index in [0.717, 1.165) is 44.1 Å². The van der Waals surface area contributed by atoms with Crippen molar-refractivity contribution in [1.29, 1.82) is 0 Å². The van der Waals surface area contributed by atoms with Crippen molar-refractivity contribution in [3.05, 3.63) is 63.9 Å². The smallest absolute Gasteiger partial charge is 0.346 e. The third-order valence-corrected chi connectivity index (χ3v) is 7.30. The Kier molecular flexibility index (Phi) is 8.20. The molecule has 4 rings (SSSR count). The van der Waals surface area contributed by atoms with Gasteiger partial charge < -0.3 is 10.2 Å². The fourth-order valence-electron chi connectivity index (χ4n) is 5.01. The number of nitrogens with zero attached hydrogens (tertiary/aromatic N) is 3. The standard InChI is InChI=1S/C26H30ClF3N4O2/c1-17-3-2-10-34(16-17)21-8-11-33(12-9-21)25(36)19-6-4-18(5-7-19)24(35)32-14-20-13-22(26(28,29)30)23(27)15-31-20/h4-7,13,15,17,21H,2-3,8-12,14,16H2,1H3,(H,32,35)/t17-/m1/s1. The Morgan fingerprint density at radius 1 is 1.08 bits per heavy atom. The Hall–Kier alpha value is -2.65. The second kappa shape index (κ2) is 11.2. The zero-order valence-electron chi connectivity index (χ0n) is 20.2. The van der Waals surface area contributed by atoms with Crippen LogP contribution < -0.4 is 5.32 Å². The lowest BCUT2D eigenvalue weighted by atomic mass is 9.95. The molecule has 2 aliphatic heterocycles. The number of nitrogens with one attached hydrogen (secondary N) is 1. The van der Waals surface area contributed by atoms with Crippen LogP contribution in [0.2, 0.25) is 5.02 Å². The predicted octanol–water partition coefficient (Wildman–Crippen LogP) is 5.02. The van der Waals surface area contributed by atoms with E-state index in [9.17, 15) is 22.8 Å². The van der Waals surface area contributed by atoms with E-state index in [-0.39, 0.29) is 18.1 Å². The maximum Gasteiger partial charge on any atom is 0.417 e. The van der Waals surface area contributed by atoms with Crippen molar-refractivity contribution in [2.75, 3.05) is 26.2 Å². The number of halogens is 4. The summed E-state index contributed by atoms with van der Waals surface area (Å²) in [4.78, 5) is 33.7. The predicted molar refractivity (Wildman–Crippen MR) is 131 cm³/mol. The maximum absolute atomic E-state index is 13.0. The molecule has 1 N–H and O–H groups in total. The highest BCUT2D eigenvalue weighted by Crippen LogP contribution is 2.34. The van der Waals surface area contributed by atoms with E-state index < -0.39 is 22.7 Å². The minimum Gasteiger partial charge on any atom is -0.346 e. The molecule has 0 radical (unpaired) electrons. The van der Waals surface area contributed by atoms with Gasteiger partial charge >= 0.3 is 6.18 Å². The van der Waals surface area contributed by atoms with Crippen molar-refractivity contribution in [2.24, 2.45) is 5.92 Å². The molecule has 2 saturated heterocycles. The van der Waals surface area contributed by atoms with Crippen LogP contribution in [0.5, 0.6) is 0 Å². The SMILES string of the molecule is C[C@@H]1CCCN(C2CCN(C(=O)c3ccc(C(=O)NCc4cc(C(F)(F)F)c(Cl)cn4)cc3)CC2)C1. The fraction of sp³-hybridized carbons (Fsp3) is 0.500. The highest BCUT2D eigenvalue weighted by Gasteiger charge is 2.34. The first kappa shape index (κ1) is 26.4. The largest absolute Gasteiger partial charge is 0.417 e. The molecule has 1 aromatic heterocycles. The van der Waals surface area contributed by atoms with E-state index in [4.69, 9.17) is 11.6 Å². The number of hydrogen-bond acceptors (Lipinski definition) is 4. The van der Waals surface area contributed by atoms with Crippen LogP contribution in [0.1, 0.15) is 64.6 Å². The first-order valence-corrected chi connectivity index (χ1v) is 12.6. The minimum atomic E-state index is -4.61. The monoisotopic (exact) mass is 522 g/mol. The van der Waals surface area contributed by atoms with E-state index in [1.807, 2.05) is 4.90 Å². The normalized spacial score (nSPS) is 19.8. The molecule has 36 heavy (non-hydrogen) atoms. The van der Waals surface area contributed by atoms with Gasteiger partial charge in [-0.3, -0.25) is 19.5 Å². The number of amides is 2. The third-order valence-electron chi connectivity index (χ3n) is 7.00. The second-order valence-corrected chi connectivity index (χ2v) is 10.1. The number of pyridine rings is 1. The minimum absolute atomic E-state index is 0.0364. The van der Waals surface area contributed by atoms with E-state index in [1.54, 1.807) is 24.3 Å². The molecule has 194 valence electrons. The topological polar surface area (TPSA) is 65.5 Å². The van der Waals surface area contributed by atoms with Crippen molar-refractivity contribution >= 4 is 23.4 Å². The summed E-state index contributed by atoms with van der Waals surface area (Å²) in [6.45, 7) is 5.82. The summed E-state index contributed by atoms with van der Waals surface area (Å²) in [5.41, 5.74) is -0.157. The van der Waals surface area contributed by atoms with Crippen LogP contribution in [0, 0.1) is 5.92 Å². The number of carbonyl (C=O) groups is 2. The second-order valence-electron chi connectivity index (χ2n) is 9.68. The Balaban J connectivity index is 1.29. The van der Waals surface area contributed by atoms with E-state index >= 15 is 0 Å². The molecular weight excluding hydrogens is 493 g/mol. The third kappa shape index (κ3) is 6.37. The lowest BCUT2D eigenvalue weighted by Crippen LogP contribution is -2.49. The highest BCUT2D eigenvalue weighted by atomic mass is 35.5. The molecule has 0 spiro atoms. The van der Waals surface area contributed by atoms with Gasteiger partial charge in [0.15, 0.2) is 0 Å². The molecule has 0 unspecified atom stereocenters. The summed E-state index contributed by atoms with van der Waals surface area (Å²) in [5.74, 6) is 0.197. The summed E-state index contributed by atoms with van der Waals surface area (Å²) < 4.78 is 39.0. The Bertz CT molecular complexity index is 1090. The first-order chi connectivity index (χ1) is 17.1. The van der Waals surface area contributed by atoms with Crippen LogP contribution in [0.15, 0.2) is 36.5 Å². The Morgan fingerprint density at radius 3 is 2.39 bits per heavy atom. The van der Waals surface area contributed by atoms with Crippen LogP contribution >= 0.6 is 11.6 Å². The van der Waals surface area contributed by atoms with Crippen LogP contribution in [0.3, 0.4) is 0 Å². The highest BCUT2D eigenvalue weighted by molar-refractivity contribution is 6.31. The van der Waals surface area contributed by atoms with Crippen LogP contribution in [0.25, 0.3) is 0 Å². The van der Waals surface area contributed by atoms with Gasteiger partial charge in [-0.15, -0.1) is 0 Å². The molecule has 2 aliphatic rings. The van der Waals surface area contributed by atoms with Gasteiger partial charge in [-0.25, -0.2) is 0 Å². The summed E-state index contributed by atoms with van der Waals surface area (Å²) in [5, 5.41) is 2.06. The van der Waals surface area contributed by atoms with Gasteiger partial charge in [-0.05, 0) is 68.5 Å². The van der Waals surface area contributed by atoms with Crippen LogP contribution in [0.4, 0.5) is 13.2 Å². The molecule has 0 aliphatic carbocycles. The van der Waals surface area contributed by atoms with Gasteiger partial charge in [0.05, 0.1) is 22.8 Å². The summed E-state index contributed by atoms with van der Waals surface area (Å²) in [6, 6.07) is 7.65. The molecule has 2 amide bonds. The number of likely N-dealkylation sites (tertiary alicyclic amines) is 2. The maximum atomic E-state index is 13.0. The molecule has 1 atom stereocenters. The van der Waals surface area contributed by atoms with Crippen molar-refractivity contribution in [1.82, 2.24) is 20.1 Å². The molecule has 1 aromatic carbocycles. The molecule has 10 heteroatoms. The summed E-state index contributed by atoms with van der Waals surface area (Å²) >= 11 is 5.58. The number of aromatic nitrogens is 1. The number of hydrogen-bond donors (Lipinski definition) is 1. The molecule has 0 saturated carbocycles. The summed E-state index contributed by atoms with van der Waals surface area (Å²) in [7, 11) is 0. The molecule has 3 heterocycles. The zero-order chi connectivity index (χ0) is 25.9. The quantitative estimate of drug-likeness (QED) is 0.599. The zero-order valence-corrected chi connectivity index (χ0v) is 20.9. The number of carbonyl (C=O) groups excluding carboxylic acids is 2. The number of benzene rings is 1. The number of piperidine rings is 2. The number of rotatable bonds is 5. The summed E-state index contributed by atoms with van der Waals surface area (Å²) in [6.07, 6.45) is 0.774. The molecule has 2 aromatic rings. The average Bonchev–Trinajstić information content (AvgIpc) is 2.87. The lowest BCUT2D eigenvalue weighted by molar-refractivity contribution is -0.137. The van der Waals surface area contributed by atoms with Gasteiger partial charge in [0.2, 0.25) is 0 Å². The van der Waals surface area contributed by atoms with Gasteiger partial charge in [0.25, 0.3) is 11.8 Å². The van der Waals surface area contributed by atoms with E-state index in [2.05, 4.69) is 22.1 Å². The van der Waals surface area contributed by atoms with Crippen LogP contribution in [-0.4, -0.2) is 58.8 Å². The fourth-order valence-corrected chi connectivity index (χ4v) is 5.22. The Morgan fingerprint density at radius 2 is 1.75 bits per heavy atom. The van der Waals surface area contributed by atoms with Gasteiger partial charge in [0.1, 0.15) is 0 Å².